The molecule has 0 aromatic heterocycles. The Morgan fingerprint density at radius 2 is 2.21 bits per heavy atom. The van der Waals surface area contributed by atoms with Crippen LogP contribution in [0, 0.1) is 58.7 Å². The van der Waals surface area contributed by atoms with Crippen LogP contribution in [0.1, 0.15) is 13.8 Å². The first-order valence-electron chi connectivity index (χ1n) is 5.60. The van der Waals surface area contributed by atoms with Crippen LogP contribution in [-0.4, -0.2) is 23.0 Å². The van der Waals surface area contributed by atoms with E-state index in [2.05, 4.69) is 16.4 Å². The van der Waals surface area contributed by atoms with Crippen LogP contribution in [0.4, 0.5) is 5.69 Å². The number of thioether (sulfide) groups is 1. The van der Waals surface area contributed by atoms with E-state index in [1.165, 1.54) is 18.0 Å². The number of para-hydroxylation sites is 1. The van der Waals surface area contributed by atoms with E-state index >= 15 is 0 Å². The van der Waals surface area contributed by atoms with Crippen LogP contribution >= 0.6 is 11.8 Å². The van der Waals surface area contributed by atoms with Crippen LogP contribution in [0.25, 0.3) is 0 Å². The maximum absolute atomic E-state index is 10.8. The number of aliphatic imine (C=N–C) groups is 1. The Morgan fingerprint density at radius 1 is 1.53 bits per heavy atom. The van der Waals surface area contributed by atoms with Crippen molar-refractivity contribution in [3.05, 3.63) is 30.3 Å². The van der Waals surface area contributed by atoms with Gasteiger partial charge in [0.2, 0.25) is 5.91 Å². The fourth-order valence-electron chi connectivity index (χ4n) is 0.948. The van der Waals surface area contributed by atoms with Crippen molar-refractivity contribution in [2.45, 2.75) is 13.8 Å². The molecule has 0 bridgehead atoms. The van der Waals surface area contributed by atoms with Crippen molar-refractivity contribution in [2.24, 2.45) is 10.9 Å². The van der Waals surface area contributed by atoms with Crippen molar-refractivity contribution in [3.63, 3.8) is 0 Å². The molecule has 1 amide bonds. The van der Waals surface area contributed by atoms with Crippen molar-refractivity contribution in [2.75, 3.05) is 5.75 Å². The molecule has 4 nitrogen and oxygen atoms in total. The number of benzene rings is 1. The fraction of sp³-hybridized carbons (Fsp3) is 0.308. The van der Waals surface area contributed by atoms with Gasteiger partial charge in [0.25, 0.3) is 0 Å². The summed E-state index contributed by atoms with van der Waals surface area (Å²) in [6.07, 6.45) is 1.42. The number of amidine groups is 1. The summed E-state index contributed by atoms with van der Waals surface area (Å²) in [5, 5.41) is 9.85. The molecule has 0 atom stereocenters. The molecule has 6 heteroatoms. The van der Waals surface area contributed by atoms with Gasteiger partial charge in [-0.15, -0.1) is 6.07 Å². The van der Waals surface area contributed by atoms with Crippen LogP contribution in [0.15, 0.2) is 29.3 Å². The van der Waals surface area contributed by atoms with Gasteiger partial charge in [-0.3, -0.25) is 9.79 Å². The second kappa shape index (κ2) is 10.5. The molecule has 1 fully saturated rings. The van der Waals surface area contributed by atoms with Crippen molar-refractivity contribution >= 4 is 34.7 Å². The van der Waals surface area contributed by atoms with E-state index in [-0.39, 0.29) is 47.2 Å². The average molecular weight is 403 g/mol. The normalized spacial score (nSPS) is 15.3. The van der Waals surface area contributed by atoms with Gasteiger partial charge in [-0.05, 0) is 17.8 Å². The second-order valence-corrected chi connectivity index (χ2v) is 4.88. The Morgan fingerprint density at radius 3 is 2.63 bits per heavy atom. The van der Waals surface area contributed by atoms with E-state index in [0.29, 0.717) is 16.8 Å². The molecule has 99 valence electrons. The Kier molecular flexibility index (Phi) is 10.4. The van der Waals surface area contributed by atoms with E-state index in [1.807, 2.05) is 32.0 Å². The summed E-state index contributed by atoms with van der Waals surface area (Å²) in [7, 11) is 0. The minimum absolute atomic E-state index is 0. The Balaban J connectivity index is 0.000000471. The zero-order valence-electron chi connectivity index (χ0n) is 11.0. The zero-order valence-corrected chi connectivity index (χ0v) is 15.5. The van der Waals surface area contributed by atoms with Gasteiger partial charge in [0, 0.05) is 41.3 Å². The van der Waals surface area contributed by atoms with Crippen molar-refractivity contribution in [3.8, 4) is 0 Å². The van der Waals surface area contributed by atoms with E-state index in [0.717, 1.165) is 5.69 Å². The van der Waals surface area contributed by atoms with Gasteiger partial charge in [-0.1, -0.05) is 25.6 Å². The van der Waals surface area contributed by atoms with Crippen LogP contribution < -0.4 is 5.32 Å². The number of amides is 1. The topological polar surface area (TPSA) is 65.3 Å². The Hall–Kier alpha value is -0.256. The summed E-state index contributed by atoms with van der Waals surface area (Å²) in [5.74, 6) is 0.903. The number of rotatable bonds is 2. The number of hydrogen-bond donors (Lipinski definition) is 2. The van der Waals surface area contributed by atoms with Gasteiger partial charge in [0.15, 0.2) is 5.17 Å². The van der Waals surface area contributed by atoms with Gasteiger partial charge >= 0.3 is 0 Å². The third-order valence-electron chi connectivity index (χ3n) is 1.83. The minimum atomic E-state index is 0. The van der Waals surface area contributed by atoms with E-state index < -0.39 is 0 Å². The molecule has 0 spiro atoms. The summed E-state index contributed by atoms with van der Waals surface area (Å²) in [6.45, 7) is 3.96. The van der Waals surface area contributed by atoms with Crippen LogP contribution in [0.5, 0.6) is 0 Å². The second-order valence-electron chi connectivity index (χ2n) is 3.91. The van der Waals surface area contributed by atoms with E-state index in [4.69, 9.17) is 5.41 Å². The maximum atomic E-state index is 10.8. The molecule has 0 saturated carbocycles. The molecule has 1 saturated heterocycles. The molecule has 1 heterocycles. The first kappa shape index (κ1) is 18.7. The largest absolute Gasteiger partial charge is 0.313 e. The molecule has 19 heavy (non-hydrogen) atoms. The van der Waals surface area contributed by atoms with Crippen LogP contribution in [-0.2, 0) is 4.79 Å². The quantitative estimate of drug-likeness (QED) is 0.589. The molecule has 2 N–H and O–H groups in total. The number of carbonyl (C=O) groups excluding carboxylic acids is 1. The average Bonchev–Trinajstić information content (AvgIpc) is 2.77. The van der Waals surface area contributed by atoms with Crippen molar-refractivity contribution in [1.29, 1.82) is 5.41 Å². The molecule has 0 aliphatic carbocycles. The van der Waals surface area contributed by atoms with Crippen molar-refractivity contribution in [1.82, 2.24) is 5.32 Å². The van der Waals surface area contributed by atoms with Crippen LogP contribution in [0.3, 0.4) is 0 Å². The van der Waals surface area contributed by atoms with Gasteiger partial charge in [-0.2, -0.15) is 24.3 Å². The Labute approximate surface area is 151 Å². The minimum Gasteiger partial charge on any atom is -0.313 e. The zero-order chi connectivity index (χ0) is 13.4. The fourth-order valence-corrected chi connectivity index (χ4v) is 1.64. The number of carbonyl (C=O) groups is 1. The van der Waals surface area contributed by atoms with E-state index in [9.17, 15) is 4.79 Å². The van der Waals surface area contributed by atoms with Gasteiger partial charge in [0.05, 0.1) is 5.75 Å². The Bertz CT molecular complexity index is 435. The number of nitrogens with one attached hydrogen (secondary N) is 2. The SMILES string of the molecule is CC(C)C=N.O=C1CSC(=Nc2[c-]cccc2)N1.[Pr]. The third-order valence-corrected chi connectivity index (χ3v) is 2.71. The predicted octanol–water partition coefficient (Wildman–Crippen LogP) is 2.63. The molecule has 0 unspecified atom stereocenters. The molecule has 1 aromatic rings. The molecule has 1 aromatic carbocycles. The molecule has 1 aliphatic heterocycles. The molecular weight excluding hydrogens is 387 g/mol. The molecule has 1 radical (unpaired) electrons. The third kappa shape index (κ3) is 8.50. The summed E-state index contributed by atoms with van der Waals surface area (Å²) in [6, 6.07) is 10.4. The molecule has 2 rings (SSSR count). The van der Waals surface area contributed by atoms with Gasteiger partial charge < -0.3 is 10.7 Å². The first-order valence-corrected chi connectivity index (χ1v) is 6.59. The summed E-state index contributed by atoms with van der Waals surface area (Å²) in [5.41, 5.74) is 0.743. The van der Waals surface area contributed by atoms with Gasteiger partial charge in [0.1, 0.15) is 0 Å². The smallest absolute Gasteiger partial charge is 0.236 e. The molecule has 1 aliphatic rings. The first-order chi connectivity index (χ1) is 8.61. The summed E-state index contributed by atoms with van der Waals surface area (Å²) >= 11 is 1.41. The molecular formula is C13H16N3OPrS-. The number of nitrogens with zero attached hydrogens (tertiary/aromatic N) is 1. The number of hydrogen-bond acceptors (Lipinski definition) is 4. The predicted molar refractivity (Wildman–Crippen MR) is 76.6 cm³/mol. The van der Waals surface area contributed by atoms with E-state index in [1.54, 1.807) is 6.07 Å². The standard InChI is InChI=1S/C9H7N2OS.C4H9N.Pr/c12-8-6-13-9(11-8)10-7-4-2-1-3-5-7;1-4(2)3-5;/h1-4H,6H2,(H,10,11,12);3-5H,1-2H3;/q-1;;. The van der Waals surface area contributed by atoms with Crippen LogP contribution in [0.2, 0.25) is 0 Å². The van der Waals surface area contributed by atoms with Crippen molar-refractivity contribution < 1.29 is 46.1 Å². The summed E-state index contributed by atoms with van der Waals surface area (Å²) in [4.78, 5) is 15.0. The van der Waals surface area contributed by atoms with Gasteiger partial charge in [-0.25, -0.2) is 0 Å². The monoisotopic (exact) mass is 403 g/mol. The summed E-state index contributed by atoms with van der Waals surface area (Å²) < 4.78 is 0. The maximum Gasteiger partial charge on any atom is 0.236 e.